The Hall–Kier alpha value is -2.32. The summed E-state index contributed by atoms with van der Waals surface area (Å²) in [5.41, 5.74) is 5.63. The van der Waals surface area contributed by atoms with Crippen LogP contribution in [-0.2, 0) is 16.1 Å². The topological polar surface area (TPSA) is 73.9 Å². The molecule has 2 aromatic carbocycles. The number of nitrogens with zero attached hydrogens (tertiary/aromatic N) is 2. The molecule has 2 fully saturated rings. The van der Waals surface area contributed by atoms with E-state index in [9.17, 15) is 9.59 Å². The molecule has 0 radical (unpaired) electrons. The van der Waals surface area contributed by atoms with Crippen molar-refractivity contribution in [1.82, 2.24) is 20.7 Å². The molecule has 0 aliphatic carbocycles. The first-order valence-electron chi connectivity index (χ1n) is 12.7. The second-order valence-corrected chi connectivity index (χ2v) is 10.2. The quantitative estimate of drug-likeness (QED) is 0.480. The van der Waals surface area contributed by atoms with Crippen molar-refractivity contribution in [1.29, 1.82) is 0 Å². The lowest BCUT2D eigenvalue weighted by atomic mass is 9.86. The van der Waals surface area contributed by atoms with Crippen LogP contribution in [0.5, 0.6) is 5.75 Å². The zero-order valence-corrected chi connectivity index (χ0v) is 23.6. The van der Waals surface area contributed by atoms with E-state index in [2.05, 4.69) is 27.8 Å². The number of rotatable bonds is 9. The van der Waals surface area contributed by atoms with Crippen molar-refractivity contribution in [2.45, 2.75) is 57.7 Å². The minimum Gasteiger partial charge on any atom is -0.497 e. The molecule has 204 valence electrons. The number of piperidine rings is 1. The molecular weight excluding hydrogens is 511 g/mol. The van der Waals surface area contributed by atoms with Crippen LogP contribution in [0.15, 0.2) is 54.6 Å². The van der Waals surface area contributed by atoms with Crippen molar-refractivity contribution < 1.29 is 14.3 Å². The number of amides is 2. The Morgan fingerprint density at radius 2 is 1.70 bits per heavy atom. The van der Waals surface area contributed by atoms with Crippen molar-refractivity contribution in [3.05, 3.63) is 65.7 Å². The van der Waals surface area contributed by atoms with E-state index in [4.69, 9.17) is 4.74 Å². The summed E-state index contributed by atoms with van der Waals surface area (Å²) in [6.07, 6.45) is 3.29. The van der Waals surface area contributed by atoms with Gasteiger partial charge in [-0.2, -0.15) is 0 Å². The zero-order valence-electron chi connectivity index (χ0n) is 21.9. The number of methoxy groups -OCH3 is 1. The van der Waals surface area contributed by atoms with Crippen LogP contribution < -0.4 is 15.5 Å². The van der Waals surface area contributed by atoms with Gasteiger partial charge in [-0.05, 0) is 55.6 Å². The maximum atomic E-state index is 12.8. The molecule has 0 unspecified atom stereocenters. The minimum atomic E-state index is -0.148. The molecule has 37 heavy (non-hydrogen) atoms. The monoisotopic (exact) mass is 550 g/mol. The normalized spacial score (nSPS) is 17.7. The maximum absolute atomic E-state index is 12.8. The van der Waals surface area contributed by atoms with Crippen LogP contribution in [0.4, 0.5) is 0 Å². The predicted octanol–water partition coefficient (Wildman–Crippen LogP) is 4.51. The summed E-state index contributed by atoms with van der Waals surface area (Å²) in [7, 11) is 1.65. The van der Waals surface area contributed by atoms with Gasteiger partial charge >= 0.3 is 0 Å². The second kappa shape index (κ2) is 14.0. The van der Waals surface area contributed by atoms with Gasteiger partial charge < -0.3 is 15.0 Å². The number of carbonyl (C=O) groups is 2. The Morgan fingerprint density at radius 1 is 1.05 bits per heavy atom. The number of nitrogens with one attached hydrogen (secondary N) is 2. The summed E-state index contributed by atoms with van der Waals surface area (Å²) in [4.78, 5) is 27.6. The molecule has 2 N–H and O–H groups in total. The zero-order chi connectivity index (χ0) is 24.8. The third-order valence-electron chi connectivity index (χ3n) is 7.25. The van der Waals surface area contributed by atoms with Crippen molar-refractivity contribution in [2.24, 2.45) is 5.92 Å². The van der Waals surface area contributed by atoms with Crippen LogP contribution in [0.3, 0.4) is 0 Å². The fourth-order valence-electron chi connectivity index (χ4n) is 4.97. The highest BCUT2D eigenvalue weighted by molar-refractivity contribution is 5.85. The van der Waals surface area contributed by atoms with Crippen LogP contribution in [0.2, 0.25) is 0 Å². The van der Waals surface area contributed by atoms with E-state index in [-0.39, 0.29) is 54.1 Å². The Labute approximate surface area is 233 Å². The molecule has 2 heterocycles. The highest BCUT2D eigenvalue weighted by atomic mass is 35.5. The van der Waals surface area contributed by atoms with Gasteiger partial charge in [-0.25, -0.2) is 5.43 Å². The van der Waals surface area contributed by atoms with Crippen LogP contribution in [0.1, 0.15) is 56.7 Å². The highest BCUT2D eigenvalue weighted by Crippen LogP contribution is 2.32. The molecule has 4 rings (SSSR count). The van der Waals surface area contributed by atoms with Gasteiger partial charge in [0.2, 0.25) is 11.8 Å². The van der Waals surface area contributed by atoms with Crippen molar-refractivity contribution in [3.8, 4) is 5.75 Å². The van der Waals surface area contributed by atoms with E-state index in [0.717, 1.165) is 55.8 Å². The molecule has 2 aliphatic rings. The van der Waals surface area contributed by atoms with Crippen LogP contribution in [0.25, 0.3) is 0 Å². The Morgan fingerprint density at radius 3 is 2.30 bits per heavy atom. The van der Waals surface area contributed by atoms with Crippen LogP contribution >= 0.6 is 24.8 Å². The maximum Gasteiger partial charge on any atom is 0.238 e. The van der Waals surface area contributed by atoms with Crippen molar-refractivity contribution >= 4 is 36.6 Å². The van der Waals surface area contributed by atoms with Crippen LogP contribution in [0, 0.1) is 5.92 Å². The summed E-state index contributed by atoms with van der Waals surface area (Å²) in [6.45, 7) is 7.21. The first-order chi connectivity index (χ1) is 16.9. The Kier molecular flexibility index (Phi) is 11.7. The summed E-state index contributed by atoms with van der Waals surface area (Å²) >= 11 is 0. The lowest BCUT2D eigenvalue weighted by molar-refractivity contribution is -0.130. The smallest absolute Gasteiger partial charge is 0.238 e. The largest absolute Gasteiger partial charge is 0.497 e. The number of hydrogen-bond donors (Lipinski definition) is 2. The summed E-state index contributed by atoms with van der Waals surface area (Å²) in [6, 6.07) is 18.1. The molecule has 2 amide bonds. The number of likely N-dealkylation sites (tertiary alicyclic amines) is 1. The molecule has 2 aromatic rings. The number of hydrazine groups is 1. The van der Waals surface area contributed by atoms with E-state index >= 15 is 0 Å². The molecule has 2 saturated heterocycles. The van der Waals surface area contributed by atoms with Gasteiger partial charge in [0.1, 0.15) is 5.75 Å². The molecule has 2 aliphatic heterocycles. The Balaban J connectivity index is 0.00000241. The molecule has 7 nitrogen and oxygen atoms in total. The fourth-order valence-corrected chi connectivity index (χ4v) is 4.97. The average Bonchev–Trinajstić information content (AvgIpc) is 3.17. The lowest BCUT2D eigenvalue weighted by Gasteiger charge is -2.39. The number of ether oxygens (including phenoxy) is 1. The average molecular weight is 552 g/mol. The van der Waals surface area contributed by atoms with E-state index in [1.54, 1.807) is 12.1 Å². The van der Waals surface area contributed by atoms with E-state index in [0.29, 0.717) is 13.0 Å². The molecule has 9 heteroatoms. The first-order valence-corrected chi connectivity index (χ1v) is 12.7. The number of carbonyl (C=O) groups excluding carboxylic acids is 2. The summed E-state index contributed by atoms with van der Waals surface area (Å²) in [5.74, 6) is 1.02. The number of halogens is 2. The van der Waals surface area contributed by atoms with Gasteiger partial charge in [0.05, 0.1) is 19.7 Å². The van der Waals surface area contributed by atoms with Gasteiger partial charge in [-0.15, -0.1) is 24.8 Å². The highest BCUT2D eigenvalue weighted by Gasteiger charge is 2.44. The fraction of sp³-hybridized carbons (Fsp3) is 0.500. The van der Waals surface area contributed by atoms with Gasteiger partial charge in [-0.1, -0.05) is 56.3 Å². The summed E-state index contributed by atoms with van der Waals surface area (Å²) < 4.78 is 5.23. The minimum absolute atomic E-state index is 0. The molecule has 0 saturated carbocycles. The third kappa shape index (κ3) is 8.08. The van der Waals surface area contributed by atoms with E-state index in [1.807, 2.05) is 56.3 Å². The SMILES string of the molecule is COc1ccc(CN2NC3(CCN(CC[C@H](NC(=O)C(C)C)c4ccccc4)CC3)CC2=O)cc1.Cl.Cl. The van der Waals surface area contributed by atoms with Gasteiger partial charge in [0.15, 0.2) is 0 Å². The standard InChI is InChI=1S/C28H38N4O3.2ClH/c1-21(2)27(34)29-25(23-7-5-4-6-8-23)13-16-31-17-14-28(15-18-31)19-26(33)32(30-28)20-22-9-11-24(35-3)12-10-22;;/h4-12,21,25,30H,13-20H2,1-3H3,(H,29,34);2*1H/t25-;;/m0../s1. The van der Waals surface area contributed by atoms with Crippen molar-refractivity contribution in [3.63, 3.8) is 0 Å². The van der Waals surface area contributed by atoms with Crippen molar-refractivity contribution in [2.75, 3.05) is 26.7 Å². The van der Waals surface area contributed by atoms with E-state index in [1.165, 1.54) is 0 Å². The second-order valence-electron chi connectivity index (χ2n) is 10.2. The predicted molar refractivity (Wildman–Crippen MR) is 151 cm³/mol. The molecule has 1 spiro atoms. The molecule has 0 bridgehead atoms. The summed E-state index contributed by atoms with van der Waals surface area (Å²) in [5, 5.41) is 5.01. The molecule has 1 atom stereocenters. The van der Waals surface area contributed by atoms with Gasteiger partial charge in [0.25, 0.3) is 0 Å². The first kappa shape index (κ1) is 30.9. The number of benzene rings is 2. The molecular formula is C28H40Cl2N4O3. The molecule has 0 aromatic heterocycles. The number of hydrogen-bond acceptors (Lipinski definition) is 5. The Bertz CT molecular complexity index is 996. The van der Waals surface area contributed by atoms with E-state index < -0.39 is 0 Å². The van der Waals surface area contributed by atoms with Gasteiger partial charge in [0, 0.05) is 24.4 Å². The lowest BCUT2D eigenvalue weighted by Crippen LogP contribution is -2.53. The third-order valence-corrected chi connectivity index (χ3v) is 7.25. The van der Waals surface area contributed by atoms with Crippen LogP contribution in [-0.4, -0.2) is 54.0 Å². The van der Waals surface area contributed by atoms with Gasteiger partial charge in [-0.3, -0.25) is 14.6 Å².